The zero-order chi connectivity index (χ0) is 18.0. The Balaban J connectivity index is 1.87. The third-order valence-electron chi connectivity index (χ3n) is 6.05. The van der Waals surface area contributed by atoms with E-state index in [1.54, 1.807) is 5.38 Å². The number of amides is 1. The first-order chi connectivity index (χ1) is 12.0. The highest BCUT2D eigenvalue weighted by molar-refractivity contribution is 7.12. The molecule has 4 nitrogen and oxygen atoms in total. The lowest BCUT2D eigenvalue weighted by Gasteiger charge is -2.39. The second kappa shape index (κ2) is 7.90. The molecule has 1 aromatic rings. The summed E-state index contributed by atoms with van der Waals surface area (Å²) in [5.41, 5.74) is 0.626. The fourth-order valence-corrected chi connectivity index (χ4v) is 5.07. The van der Waals surface area contributed by atoms with E-state index < -0.39 is 5.97 Å². The Labute approximate surface area is 154 Å². The fraction of sp³-hybridized carbons (Fsp3) is 0.700. The van der Waals surface area contributed by atoms with Gasteiger partial charge in [0.1, 0.15) is 4.88 Å². The van der Waals surface area contributed by atoms with Crippen molar-refractivity contribution in [3.8, 4) is 0 Å². The summed E-state index contributed by atoms with van der Waals surface area (Å²) in [5, 5.41) is 11.3. The maximum Gasteiger partial charge on any atom is 0.348 e. The van der Waals surface area contributed by atoms with Crippen molar-refractivity contribution in [3.63, 3.8) is 0 Å². The Morgan fingerprint density at radius 3 is 2.12 bits per heavy atom. The van der Waals surface area contributed by atoms with E-state index in [-0.39, 0.29) is 17.9 Å². The van der Waals surface area contributed by atoms with Crippen LogP contribution in [0.3, 0.4) is 0 Å². The van der Waals surface area contributed by atoms with Crippen LogP contribution in [-0.2, 0) is 4.79 Å². The van der Waals surface area contributed by atoms with Gasteiger partial charge in [-0.3, -0.25) is 4.79 Å². The second-order valence-electron chi connectivity index (χ2n) is 8.02. The number of carbonyl (C=O) groups is 2. The highest BCUT2D eigenvalue weighted by Crippen LogP contribution is 2.38. The normalized spacial score (nSPS) is 30.0. The largest absolute Gasteiger partial charge is 0.477 e. The average molecular weight is 364 g/mol. The molecule has 0 atom stereocenters. The number of rotatable bonds is 4. The molecule has 1 N–H and O–H groups in total. The van der Waals surface area contributed by atoms with Crippen molar-refractivity contribution in [1.29, 1.82) is 0 Å². The molecule has 2 aliphatic carbocycles. The molecule has 1 heterocycles. The molecule has 0 spiro atoms. The lowest BCUT2D eigenvalue weighted by atomic mass is 9.81. The molecule has 138 valence electrons. The van der Waals surface area contributed by atoms with Gasteiger partial charge in [0.15, 0.2) is 0 Å². The maximum atomic E-state index is 13.4. The van der Waals surface area contributed by atoms with Gasteiger partial charge in [-0.2, -0.15) is 0 Å². The van der Waals surface area contributed by atoms with E-state index in [1.165, 1.54) is 11.3 Å². The minimum absolute atomic E-state index is 0.0529. The molecule has 2 saturated carbocycles. The smallest absolute Gasteiger partial charge is 0.348 e. The average Bonchev–Trinajstić information content (AvgIpc) is 3.07. The Kier molecular flexibility index (Phi) is 5.82. The van der Waals surface area contributed by atoms with E-state index in [1.807, 2.05) is 11.0 Å². The Morgan fingerprint density at radius 1 is 1.00 bits per heavy atom. The highest BCUT2D eigenvalue weighted by Gasteiger charge is 2.36. The number of nitrogens with zero attached hydrogens (tertiary/aromatic N) is 1. The van der Waals surface area contributed by atoms with Crippen molar-refractivity contribution in [2.45, 2.75) is 71.3 Å². The Morgan fingerprint density at radius 2 is 1.56 bits per heavy atom. The van der Waals surface area contributed by atoms with Gasteiger partial charge in [-0.15, -0.1) is 11.3 Å². The van der Waals surface area contributed by atoms with Crippen LogP contribution in [0.2, 0.25) is 0 Å². The standard InChI is InChI=1S/C20H29NO3S/c1-13-3-7-15(8-4-13)19(22)21(16-9-5-14(2)6-10-16)17-11-12-25-18(17)20(23)24/h11-16H,3-10H2,1-2H3,(H,23,24). The van der Waals surface area contributed by atoms with Crippen molar-refractivity contribution in [2.24, 2.45) is 17.8 Å². The zero-order valence-electron chi connectivity index (χ0n) is 15.2. The monoisotopic (exact) mass is 363 g/mol. The van der Waals surface area contributed by atoms with E-state index in [0.29, 0.717) is 22.4 Å². The topological polar surface area (TPSA) is 57.6 Å². The minimum Gasteiger partial charge on any atom is -0.477 e. The molecular formula is C20H29NO3S. The van der Waals surface area contributed by atoms with Crippen LogP contribution in [0.1, 0.15) is 74.9 Å². The van der Waals surface area contributed by atoms with Gasteiger partial charge >= 0.3 is 5.97 Å². The van der Waals surface area contributed by atoms with Crippen molar-refractivity contribution in [2.75, 3.05) is 4.90 Å². The molecule has 0 saturated heterocycles. The van der Waals surface area contributed by atoms with E-state index in [0.717, 1.165) is 51.4 Å². The third kappa shape index (κ3) is 4.08. The van der Waals surface area contributed by atoms with E-state index in [2.05, 4.69) is 13.8 Å². The fourth-order valence-electron chi connectivity index (χ4n) is 4.35. The predicted molar refractivity (Wildman–Crippen MR) is 101 cm³/mol. The summed E-state index contributed by atoms with van der Waals surface area (Å²) < 4.78 is 0. The number of aromatic carboxylic acids is 1. The number of anilines is 1. The summed E-state index contributed by atoms with van der Waals surface area (Å²) in [6, 6.07) is 1.98. The number of carboxylic acid groups (broad SMARTS) is 1. The van der Waals surface area contributed by atoms with Gasteiger partial charge < -0.3 is 10.0 Å². The Hall–Kier alpha value is -1.36. The lowest BCUT2D eigenvalue weighted by molar-refractivity contribution is -0.124. The van der Waals surface area contributed by atoms with Crippen LogP contribution in [0.4, 0.5) is 5.69 Å². The van der Waals surface area contributed by atoms with Crippen molar-refractivity contribution < 1.29 is 14.7 Å². The second-order valence-corrected chi connectivity index (χ2v) is 8.93. The van der Waals surface area contributed by atoms with Gasteiger partial charge in [0.25, 0.3) is 0 Å². The maximum absolute atomic E-state index is 13.4. The van der Waals surface area contributed by atoms with Crippen LogP contribution >= 0.6 is 11.3 Å². The highest BCUT2D eigenvalue weighted by atomic mass is 32.1. The summed E-state index contributed by atoms with van der Waals surface area (Å²) in [7, 11) is 0. The lowest BCUT2D eigenvalue weighted by Crippen LogP contribution is -2.46. The summed E-state index contributed by atoms with van der Waals surface area (Å²) >= 11 is 1.22. The molecule has 0 aromatic carbocycles. The number of thiophene rings is 1. The van der Waals surface area contributed by atoms with Gasteiger partial charge in [-0.25, -0.2) is 4.79 Å². The molecule has 1 amide bonds. The first-order valence-corrected chi connectivity index (χ1v) is 10.5. The van der Waals surface area contributed by atoms with Gasteiger partial charge in [-0.1, -0.05) is 13.8 Å². The summed E-state index contributed by atoms with van der Waals surface area (Å²) in [4.78, 5) is 27.2. The molecule has 0 bridgehead atoms. The van der Waals surface area contributed by atoms with Gasteiger partial charge in [-0.05, 0) is 74.6 Å². The minimum atomic E-state index is -0.927. The molecule has 3 rings (SSSR count). The van der Waals surface area contributed by atoms with E-state index in [9.17, 15) is 14.7 Å². The number of carbonyl (C=O) groups excluding carboxylic acids is 1. The number of hydrogen-bond donors (Lipinski definition) is 1. The molecule has 2 fully saturated rings. The van der Waals surface area contributed by atoms with Crippen molar-refractivity contribution in [1.82, 2.24) is 0 Å². The van der Waals surface area contributed by atoms with Gasteiger partial charge in [0.2, 0.25) is 5.91 Å². The summed E-state index contributed by atoms with van der Waals surface area (Å²) in [6.07, 6.45) is 8.25. The van der Waals surface area contributed by atoms with E-state index in [4.69, 9.17) is 0 Å². The van der Waals surface area contributed by atoms with Crippen molar-refractivity contribution >= 4 is 28.9 Å². The first kappa shape index (κ1) is 18.4. The van der Waals surface area contributed by atoms with Crippen molar-refractivity contribution in [3.05, 3.63) is 16.3 Å². The summed E-state index contributed by atoms with van der Waals surface area (Å²) in [5.74, 6) is 0.683. The zero-order valence-corrected chi connectivity index (χ0v) is 16.1. The molecule has 5 heteroatoms. The molecule has 0 unspecified atom stereocenters. The molecular weight excluding hydrogens is 334 g/mol. The van der Waals surface area contributed by atoms with Crippen LogP contribution in [0.15, 0.2) is 11.4 Å². The van der Waals surface area contributed by atoms with Crippen LogP contribution in [-0.4, -0.2) is 23.0 Å². The van der Waals surface area contributed by atoms with Crippen LogP contribution in [0, 0.1) is 17.8 Å². The first-order valence-electron chi connectivity index (χ1n) is 9.61. The molecule has 0 aliphatic heterocycles. The SMILES string of the molecule is CC1CCC(C(=O)N(c2ccsc2C(=O)O)C2CCC(C)CC2)CC1. The third-order valence-corrected chi connectivity index (χ3v) is 6.94. The van der Waals surface area contributed by atoms with Gasteiger partial charge in [0.05, 0.1) is 5.69 Å². The van der Waals surface area contributed by atoms with Crippen LogP contribution < -0.4 is 4.90 Å². The summed E-state index contributed by atoms with van der Waals surface area (Å²) in [6.45, 7) is 4.51. The molecule has 1 aromatic heterocycles. The molecule has 25 heavy (non-hydrogen) atoms. The molecule has 2 aliphatic rings. The number of carboxylic acids is 1. The number of hydrogen-bond acceptors (Lipinski definition) is 3. The Bertz CT molecular complexity index is 610. The quantitative estimate of drug-likeness (QED) is 0.801. The predicted octanol–water partition coefficient (Wildman–Crippen LogP) is 5.18. The van der Waals surface area contributed by atoms with E-state index >= 15 is 0 Å². The molecule has 0 radical (unpaired) electrons. The van der Waals surface area contributed by atoms with Crippen LogP contribution in [0.5, 0.6) is 0 Å². The van der Waals surface area contributed by atoms with Gasteiger partial charge in [0, 0.05) is 12.0 Å². The van der Waals surface area contributed by atoms with Crippen LogP contribution in [0.25, 0.3) is 0 Å².